The standard InChI is InChI=1S/C15H24ClN3O/c1-5-11-14(16)12(19(4)18-11)8-13(20)15(10(2)3)6-7-17-9-15/h10,17H,5-9H2,1-4H3. The molecule has 1 aromatic rings. The lowest BCUT2D eigenvalue weighted by Crippen LogP contribution is -2.39. The molecule has 0 spiro atoms. The maximum absolute atomic E-state index is 12.8. The smallest absolute Gasteiger partial charge is 0.146 e. The van der Waals surface area contributed by atoms with Crippen LogP contribution in [0.5, 0.6) is 0 Å². The van der Waals surface area contributed by atoms with Gasteiger partial charge in [-0.25, -0.2) is 0 Å². The first kappa shape index (κ1) is 15.5. The van der Waals surface area contributed by atoms with E-state index in [-0.39, 0.29) is 11.2 Å². The first-order chi connectivity index (χ1) is 9.42. The van der Waals surface area contributed by atoms with Crippen LogP contribution < -0.4 is 5.32 Å². The summed E-state index contributed by atoms with van der Waals surface area (Å²) in [6.07, 6.45) is 2.08. The zero-order chi connectivity index (χ0) is 14.9. The molecule has 1 unspecified atom stereocenters. The number of rotatable bonds is 5. The number of carbonyl (C=O) groups excluding carboxylic acids is 1. The van der Waals surface area contributed by atoms with Gasteiger partial charge in [0, 0.05) is 19.0 Å². The number of Topliss-reactive ketones (excluding diaryl/α,β-unsaturated/α-hetero) is 1. The number of nitrogens with one attached hydrogen (secondary N) is 1. The van der Waals surface area contributed by atoms with Crippen LogP contribution in [0.3, 0.4) is 0 Å². The average Bonchev–Trinajstić information content (AvgIpc) is 2.99. The van der Waals surface area contributed by atoms with E-state index in [1.54, 1.807) is 4.68 Å². The normalized spacial score (nSPS) is 22.7. The summed E-state index contributed by atoms with van der Waals surface area (Å²) in [6.45, 7) is 7.99. The highest BCUT2D eigenvalue weighted by Gasteiger charge is 2.43. The minimum atomic E-state index is -0.250. The number of carbonyl (C=O) groups is 1. The molecule has 1 atom stereocenters. The molecule has 112 valence electrons. The minimum absolute atomic E-state index is 0.250. The second-order valence-corrected chi connectivity index (χ2v) is 6.40. The first-order valence-corrected chi connectivity index (χ1v) is 7.74. The van der Waals surface area contributed by atoms with Gasteiger partial charge in [0.25, 0.3) is 0 Å². The van der Waals surface area contributed by atoms with Crippen LogP contribution in [0.25, 0.3) is 0 Å². The van der Waals surface area contributed by atoms with E-state index in [9.17, 15) is 4.79 Å². The van der Waals surface area contributed by atoms with Crippen molar-refractivity contribution in [2.75, 3.05) is 13.1 Å². The Kier molecular flexibility index (Phi) is 4.55. The van der Waals surface area contributed by atoms with Crippen molar-refractivity contribution in [3.05, 3.63) is 16.4 Å². The van der Waals surface area contributed by atoms with E-state index in [0.717, 1.165) is 37.3 Å². The van der Waals surface area contributed by atoms with Gasteiger partial charge in [0.15, 0.2) is 0 Å². The summed E-state index contributed by atoms with van der Waals surface area (Å²) in [5, 5.41) is 8.38. The molecular formula is C15H24ClN3O. The Hall–Kier alpha value is -0.870. The Labute approximate surface area is 125 Å². The average molecular weight is 298 g/mol. The summed E-state index contributed by atoms with van der Waals surface area (Å²) in [7, 11) is 1.86. The van der Waals surface area contributed by atoms with Gasteiger partial charge in [0.1, 0.15) is 5.78 Å². The van der Waals surface area contributed by atoms with E-state index in [1.165, 1.54) is 0 Å². The predicted octanol–water partition coefficient (Wildman–Crippen LogP) is 2.38. The predicted molar refractivity (Wildman–Crippen MR) is 81.1 cm³/mol. The molecule has 0 bridgehead atoms. The zero-order valence-electron chi connectivity index (χ0n) is 12.8. The largest absolute Gasteiger partial charge is 0.316 e. The fourth-order valence-electron chi connectivity index (χ4n) is 3.10. The maximum Gasteiger partial charge on any atom is 0.146 e. The zero-order valence-corrected chi connectivity index (χ0v) is 13.5. The van der Waals surface area contributed by atoms with Crippen molar-refractivity contribution in [1.29, 1.82) is 0 Å². The van der Waals surface area contributed by atoms with Crippen molar-refractivity contribution < 1.29 is 4.79 Å². The van der Waals surface area contributed by atoms with Crippen LogP contribution in [0.2, 0.25) is 5.02 Å². The van der Waals surface area contributed by atoms with Crippen LogP contribution >= 0.6 is 11.6 Å². The molecule has 0 radical (unpaired) electrons. The fraction of sp³-hybridized carbons (Fsp3) is 0.733. The number of halogens is 1. The van der Waals surface area contributed by atoms with E-state index in [2.05, 4.69) is 24.3 Å². The van der Waals surface area contributed by atoms with Gasteiger partial charge in [-0.3, -0.25) is 9.48 Å². The Morgan fingerprint density at radius 2 is 2.25 bits per heavy atom. The van der Waals surface area contributed by atoms with Crippen molar-refractivity contribution in [3.63, 3.8) is 0 Å². The summed E-state index contributed by atoms with van der Waals surface area (Å²) in [5.74, 6) is 0.618. The summed E-state index contributed by atoms with van der Waals surface area (Å²) in [4.78, 5) is 12.8. The van der Waals surface area contributed by atoms with Crippen LogP contribution in [0.1, 0.15) is 38.6 Å². The molecule has 1 aromatic heterocycles. The molecule has 0 aliphatic carbocycles. The number of aromatic nitrogens is 2. The second-order valence-electron chi connectivity index (χ2n) is 6.02. The molecule has 2 heterocycles. The molecule has 5 heteroatoms. The molecule has 0 saturated carbocycles. The lowest BCUT2D eigenvalue weighted by Gasteiger charge is -2.31. The van der Waals surface area contributed by atoms with Gasteiger partial charge < -0.3 is 5.32 Å². The van der Waals surface area contributed by atoms with E-state index in [1.807, 2.05) is 14.0 Å². The lowest BCUT2D eigenvalue weighted by atomic mass is 9.72. The highest BCUT2D eigenvalue weighted by Crippen LogP contribution is 2.37. The molecule has 20 heavy (non-hydrogen) atoms. The van der Waals surface area contributed by atoms with Crippen molar-refractivity contribution >= 4 is 17.4 Å². The van der Waals surface area contributed by atoms with Crippen LogP contribution in [-0.4, -0.2) is 28.7 Å². The Bertz CT molecular complexity index is 501. The summed E-state index contributed by atoms with van der Waals surface area (Å²) < 4.78 is 1.76. The minimum Gasteiger partial charge on any atom is -0.316 e. The number of ketones is 1. The van der Waals surface area contributed by atoms with Crippen molar-refractivity contribution in [1.82, 2.24) is 15.1 Å². The summed E-state index contributed by atoms with van der Waals surface area (Å²) in [5.41, 5.74) is 1.47. The van der Waals surface area contributed by atoms with Gasteiger partial charge in [-0.15, -0.1) is 0 Å². The summed E-state index contributed by atoms with van der Waals surface area (Å²) >= 11 is 6.35. The van der Waals surface area contributed by atoms with E-state index in [4.69, 9.17) is 11.6 Å². The quantitative estimate of drug-likeness (QED) is 0.908. The SMILES string of the molecule is CCc1nn(C)c(CC(=O)C2(C(C)C)CCNC2)c1Cl. The van der Waals surface area contributed by atoms with Crippen LogP contribution in [-0.2, 0) is 24.7 Å². The number of aryl methyl sites for hydroxylation is 2. The molecule has 1 fully saturated rings. The van der Waals surface area contributed by atoms with Gasteiger partial charge in [0.2, 0.25) is 0 Å². The third-order valence-corrected chi connectivity index (χ3v) is 5.12. The topological polar surface area (TPSA) is 46.9 Å². The van der Waals surface area contributed by atoms with Crippen molar-refractivity contribution in [2.45, 2.75) is 40.0 Å². The highest BCUT2D eigenvalue weighted by atomic mass is 35.5. The third kappa shape index (κ3) is 2.51. The molecular weight excluding hydrogens is 274 g/mol. The van der Waals surface area contributed by atoms with Crippen molar-refractivity contribution in [2.24, 2.45) is 18.4 Å². The van der Waals surface area contributed by atoms with Crippen LogP contribution in [0.4, 0.5) is 0 Å². The number of hydrogen-bond donors (Lipinski definition) is 1. The molecule has 1 aliphatic heterocycles. The van der Waals surface area contributed by atoms with Crippen LogP contribution in [0.15, 0.2) is 0 Å². The van der Waals surface area contributed by atoms with Gasteiger partial charge in [-0.2, -0.15) is 5.10 Å². The molecule has 4 nitrogen and oxygen atoms in total. The number of hydrogen-bond acceptors (Lipinski definition) is 3. The number of nitrogens with zero attached hydrogens (tertiary/aromatic N) is 2. The van der Waals surface area contributed by atoms with E-state index >= 15 is 0 Å². The molecule has 2 rings (SSSR count). The highest BCUT2D eigenvalue weighted by molar-refractivity contribution is 6.32. The van der Waals surface area contributed by atoms with Crippen LogP contribution in [0, 0.1) is 11.3 Å². The fourth-order valence-corrected chi connectivity index (χ4v) is 3.46. The first-order valence-electron chi connectivity index (χ1n) is 7.36. The maximum atomic E-state index is 12.8. The Morgan fingerprint density at radius 1 is 1.55 bits per heavy atom. The van der Waals surface area contributed by atoms with Gasteiger partial charge in [-0.1, -0.05) is 32.4 Å². The molecule has 0 aromatic carbocycles. The van der Waals surface area contributed by atoms with Crippen molar-refractivity contribution in [3.8, 4) is 0 Å². The lowest BCUT2D eigenvalue weighted by molar-refractivity contribution is -0.129. The third-order valence-electron chi connectivity index (χ3n) is 4.68. The Morgan fingerprint density at radius 3 is 2.70 bits per heavy atom. The monoisotopic (exact) mass is 297 g/mol. The van der Waals surface area contributed by atoms with E-state index in [0.29, 0.717) is 17.4 Å². The van der Waals surface area contributed by atoms with Gasteiger partial charge in [-0.05, 0) is 25.3 Å². The molecule has 0 amide bonds. The van der Waals surface area contributed by atoms with Gasteiger partial charge >= 0.3 is 0 Å². The van der Waals surface area contributed by atoms with E-state index < -0.39 is 0 Å². The Balaban J connectivity index is 2.25. The molecule has 1 N–H and O–H groups in total. The molecule has 1 aliphatic rings. The molecule has 1 saturated heterocycles. The second kappa shape index (κ2) is 5.86. The van der Waals surface area contributed by atoms with Gasteiger partial charge in [0.05, 0.1) is 22.8 Å². The summed E-state index contributed by atoms with van der Waals surface area (Å²) in [6, 6.07) is 0.